The summed E-state index contributed by atoms with van der Waals surface area (Å²) >= 11 is 0. The summed E-state index contributed by atoms with van der Waals surface area (Å²) in [5.41, 5.74) is 2.13. The zero-order valence-corrected chi connectivity index (χ0v) is 7.05. The van der Waals surface area contributed by atoms with Crippen molar-refractivity contribution in [2.24, 2.45) is 0 Å². The van der Waals surface area contributed by atoms with E-state index in [4.69, 9.17) is 5.11 Å². The maximum absolute atomic E-state index is 10.1. The summed E-state index contributed by atoms with van der Waals surface area (Å²) in [7, 11) is 0. The molecule has 0 fully saturated rings. The van der Waals surface area contributed by atoms with Crippen LogP contribution in [-0.2, 0) is 4.79 Å². The third kappa shape index (κ3) is 6.84. The predicted molar refractivity (Wildman–Crippen MR) is 45.4 cm³/mol. The summed E-state index contributed by atoms with van der Waals surface area (Å²) in [6.07, 6.45) is 2.63. The molecule has 0 saturated heterocycles. The molecule has 0 rings (SSSR count). The lowest BCUT2D eigenvalue weighted by Crippen LogP contribution is -1.91. The molecule has 0 atom stereocenters. The van der Waals surface area contributed by atoms with Crippen LogP contribution in [0.3, 0.4) is 0 Å². The van der Waals surface area contributed by atoms with Crippen molar-refractivity contribution in [1.29, 1.82) is 0 Å². The topological polar surface area (TPSA) is 37.3 Å². The van der Waals surface area contributed by atoms with Crippen molar-refractivity contribution < 1.29 is 9.90 Å². The van der Waals surface area contributed by atoms with Crippen molar-refractivity contribution >= 4 is 5.97 Å². The first-order valence-electron chi connectivity index (χ1n) is 3.54. The van der Waals surface area contributed by atoms with Gasteiger partial charge in [-0.25, -0.2) is 0 Å². The summed E-state index contributed by atoms with van der Waals surface area (Å²) in [4.78, 5) is 10.1. The Kier molecular flexibility index (Phi) is 4.27. The van der Waals surface area contributed by atoms with Gasteiger partial charge in [-0.05, 0) is 20.3 Å². The van der Waals surface area contributed by atoms with Crippen LogP contribution in [0.15, 0.2) is 23.8 Å². The van der Waals surface area contributed by atoms with Crippen LogP contribution in [-0.4, -0.2) is 11.1 Å². The van der Waals surface area contributed by atoms with Crippen molar-refractivity contribution in [2.75, 3.05) is 0 Å². The number of carboxylic acid groups (broad SMARTS) is 1. The molecule has 0 bridgehead atoms. The van der Waals surface area contributed by atoms with Gasteiger partial charge in [-0.3, -0.25) is 4.79 Å². The lowest BCUT2D eigenvalue weighted by molar-refractivity contribution is -0.136. The van der Waals surface area contributed by atoms with Gasteiger partial charge in [-0.1, -0.05) is 23.8 Å². The van der Waals surface area contributed by atoms with E-state index in [0.29, 0.717) is 0 Å². The Balaban J connectivity index is 3.81. The van der Waals surface area contributed by atoms with Crippen LogP contribution in [0.2, 0.25) is 0 Å². The molecule has 0 aliphatic rings. The highest BCUT2D eigenvalue weighted by Crippen LogP contribution is 2.07. The molecule has 0 aliphatic carbocycles. The molecule has 0 aliphatic heterocycles. The van der Waals surface area contributed by atoms with Gasteiger partial charge in [0, 0.05) is 0 Å². The van der Waals surface area contributed by atoms with Gasteiger partial charge in [-0.2, -0.15) is 0 Å². The van der Waals surface area contributed by atoms with Gasteiger partial charge >= 0.3 is 5.97 Å². The Bertz CT molecular complexity index is 190. The monoisotopic (exact) mass is 154 g/mol. The van der Waals surface area contributed by atoms with Crippen LogP contribution < -0.4 is 0 Å². The number of carboxylic acids is 1. The first-order chi connectivity index (χ1) is 5.02. The Hall–Kier alpha value is -1.05. The van der Waals surface area contributed by atoms with Crippen molar-refractivity contribution in [3.63, 3.8) is 0 Å². The maximum Gasteiger partial charge on any atom is 0.307 e. The van der Waals surface area contributed by atoms with Crippen LogP contribution in [0.1, 0.15) is 26.7 Å². The van der Waals surface area contributed by atoms with E-state index in [1.165, 1.54) is 0 Å². The molecular formula is C9H14O2. The molecule has 0 unspecified atom stereocenters. The second kappa shape index (κ2) is 4.72. The molecule has 0 aromatic carbocycles. The van der Waals surface area contributed by atoms with Crippen LogP contribution >= 0.6 is 0 Å². The quantitative estimate of drug-likeness (QED) is 0.631. The summed E-state index contributed by atoms with van der Waals surface area (Å²) in [5.74, 6) is -0.786. The van der Waals surface area contributed by atoms with E-state index >= 15 is 0 Å². The average Bonchev–Trinajstić information content (AvgIpc) is 1.82. The standard InChI is InChI=1S/C9H14O2/c1-7(2)6-8(3)4-5-9(10)11/h4H,1,5-6H2,2-3H3,(H,10,11). The lowest BCUT2D eigenvalue weighted by Gasteiger charge is -1.97. The normalized spacial score (nSPS) is 11.3. The lowest BCUT2D eigenvalue weighted by atomic mass is 10.1. The van der Waals surface area contributed by atoms with E-state index in [0.717, 1.165) is 17.6 Å². The van der Waals surface area contributed by atoms with Gasteiger partial charge in [-0.15, -0.1) is 0 Å². The fraction of sp³-hybridized carbons (Fsp3) is 0.444. The summed E-state index contributed by atoms with van der Waals surface area (Å²) in [5, 5.41) is 8.33. The Morgan fingerprint density at radius 1 is 1.55 bits per heavy atom. The first-order valence-corrected chi connectivity index (χ1v) is 3.54. The highest BCUT2D eigenvalue weighted by molar-refractivity contribution is 5.68. The fourth-order valence-electron chi connectivity index (χ4n) is 0.810. The first kappa shape index (κ1) is 9.95. The van der Waals surface area contributed by atoms with Crippen LogP contribution in [0.25, 0.3) is 0 Å². The van der Waals surface area contributed by atoms with Gasteiger partial charge < -0.3 is 5.11 Å². The minimum Gasteiger partial charge on any atom is -0.481 e. The smallest absolute Gasteiger partial charge is 0.307 e. The van der Waals surface area contributed by atoms with Gasteiger partial charge in [0.1, 0.15) is 0 Å². The Morgan fingerprint density at radius 2 is 2.09 bits per heavy atom. The van der Waals surface area contributed by atoms with E-state index in [-0.39, 0.29) is 6.42 Å². The van der Waals surface area contributed by atoms with Crippen molar-refractivity contribution in [3.05, 3.63) is 23.8 Å². The van der Waals surface area contributed by atoms with Gasteiger partial charge in [0.15, 0.2) is 0 Å². The third-order valence-corrected chi connectivity index (χ3v) is 1.21. The molecule has 2 nitrogen and oxygen atoms in total. The van der Waals surface area contributed by atoms with Crippen molar-refractivity contribution in [3.8, 4) is 0 Å². The SMILES string of the molecule is C=C(C)CC(C)=CCC(=O)O. The Labute approximate surface area is 67.2 Å². The van der Waals surface area contributed by atoms with E-state index < -0.39 is 5.97 Å². The van der Waals surface area contributed by atoms with E-state index in [9.17, 15) is 4.79 Å². The fourth-order valence-corrected chi connectivity index (χ4v) is 0.810. The highest BCUT2D eigenvalue weighted by Gasteiger charge is 1.93. The molecule has 0 amide bonds. The maximum atomic E-state index is 10.1. The van der Waals surface area contributed by atoms with Crippen LogP contribution in [0, 0.1) is 0 Å². The summed E-state index contributed by atoms with van der Waals surface area (Å²) in [6, 6.07) is 0. The van der Waals surface area contributed by atoms with Crippen LogP contribution in [0.5, 0.6) is 0 Å². The molecule has 0 aromatic rings. The molecule has 62 valence electrons. The second-order valence-corrected chi connectivity index (χ2v) is 2.78. The summed E-state index contributed by atoms with van der Waals surface area (Å²) < 4.78 is 0. The summed E-state index contributed by atoms with van der Waals surface area (Å²) in [6.45, 7) is 7.58. The number of rotatable bonds is 4. The zero-order valence-electron chi connectivity index (χ0n) is 7.05. The van der Waals surface area contributed by atoms with E-state index in [1.54, 1.807) is 6.08 Å². The third-order valence-electron chi connectivity index (χ3n) is 1.21. The predicted octanol–water partition coefficient (Wildman–Crippen LogP) is 2.37. The van der Waals surface area contributed by atoms with Crippen molar-refractivity contribution in [2.45, 2.75) is 26.7 Å². The van der Waals surface area contributed by atoms with Crippen LogP contribution in [0.4, 0.5) is 0 Å². The number of hydrogen-bond acceptors (Lipinski definition) is 1. The molecule has 0 spiro atoms. The van der Waals surface area contributed by atoms with E-state index in [2.05, 4.69) is 6.58 Å². The molecular weight excluding hydrogens is 140 g/mol. The number of carbonyl (C=O) groups is 1. The largest absolute Gasteiger partial charge is 0.481 e. The number of hydrogen-bond donors (Lipinski definition) is 1. The minimum absolute atomic E-state index is 0.110. The number of aliphatic carboxylic acids is 1. The molecule has 1 N–H and O–H groups in total. The van der Waals surface area contributed by atoms with Gasteiger partial charge in [0.05, 0.1) is 6.42 Å². The molecule has 0 heterocycles. The molecule has 2 heteroatoms. The molecule has 0 aromatic heterocycles. The number of allylic oxidation sites excluding steroid dienone is 2. The average molecular weight is 154 g/mol. The molecule has 11 heavy (non-hydrogen) atoms. The second-order valence-electron chi connectivity index (χ2n) is 2.78. The Morgan fingerprint density at radius 3 is 2.45 bits per heavy atom. The van der Waals surface area contributed by atoms with E-state index in [1.807, 2.05) is 13.8 Å². The minimum atomic E-state index is -0.786. The van der Waals surface area contributed by atoms with Gasteiger partial charge in [0.25, 0.3) is 0 Å². The highest BCUT2D eigenvalue weighted by atomic mass is 16.4. The molecule has 0 radical (unpaired) electrons. The van der Waals surface area contributed by atoms with Gasteiger partial charge in [0.2, 0.25) is 0 Å². The molecule has 0 saturated carbocycles. The zero-order chi connectivity index (χ0) is 8.85. The van der Waals surface area contributed by atoms with Crippen molar-refractivity contribution in [1.82, 2.24) is 0 Å².